The Bertz CT molecular complexity index is 728. The van der Waals surface area contributed by atoms with Gasteiger partial charge in [0.15, 0.2) is 6.29 Å². The molecule has 0 heterocycles. The Labute approximate surface area is 122 Å². The summed E-state index contributed by atoms with van der Waals surface area (Å²) in [7, 11) is 0. The minimum atomic E-state index is -4.95. The molecule has 0 aliphatic heterocycles. The minimum Gasteiger partial charge on any atom is -0.405 e. The third-order valence-electron chi connectivity index (χ3n) is 2.78. The zero-order chi connectivity index (χ0) is 16.3. The molecule has 0 aliphatic carbocycles. The second kappa shape index (κ2) is 5.84. The highest BCUT2D eigenvalue weighted by molar-refractivity contribution is 5.91. The fourth-order valence-electron chi connectivity index (χ4n) is 1.92. The number of nitro benzene ring substituents is 1. The van der Waals surface area contributed by atoms with Crippen molar-refractivity contribution in [3.63, 3.8) is 0 Å². The van der Waals surface area contributed by atoms with Gasteiger partial charge >= 0.3 is 6.36 Å². The first-order chi connectivity index (χ1) is 10.3. The maximum atomic E-state index is 12.3. The molecular weight excluding hydrogens is 303 g/mol. The van der Waals surface area contributed by atoms with E-state index >= 15 is 0 Å². The van der Waals surface area contributed by atoms with E-state index in [-0.39, 0.29) is 28.7 Å². The van der Waals surface area contributed by atoms with Gasteiger partial charge in [0.1, 0.15) is 5.75 Å². The van der Waals surface area contributed by atoms with Crippen molar-refractivity contribution in [2.24, 2.45) is 0 Å². The van der Waals surface area contributed by atoms with Crippen LogP contribution in [0.5, 0.6) is 5.75 Å². The van der Waals surface area contributed by atoms with Crippen LogP contribution in [0.4, 0.5) is 18.9 Å². The van der Waals surface area contributed by atoms with E-state index < -0.39 is 17.0 Å². The van der Waals surface area contributed by atoms with E-state index in [1.807, 2.05) is 0 Å². The topological polar surface area (TPSA) is 69.4 Å². The number of nitro groups is 1. The molecule has 2 aromatic carbocycles. The molecule has 0 aromatic heterocycles. The summed E-state index contributed by atoms with van der Waals surface area (Å²) in [6.45, 7) is 0. The van der Waals surface area contributed by atoms with Crippen molar-refractivity contribution in [3.8, 4) is 16.9 Å². The molecule has 0 spiro atoms. The Kier molecular flexibility index (Phi) is 4.11. The third kappa shape index (κ3) is 3.40. The number of rotatable bonds is 4. The van der Waals surface area contributed by atoms with E-state index in [9.17, 15) is 28.1 Å². The first-order valence-electron chi connectivity index (χ1n) is 5.90. The summed E-state index contributed by atoms with van der Waals surface area (Å²) >= 11 is 0. The van der Waals surface area contributed by atoms with E-state index in [4.69, 9.17) is 0 Å². The van der Waals surface area contributed by atoms with E-state index in [1.54, 1.807) is 0 Å². The van der Waals surface area contributed by atoms with Gasteiger partial charge in [-0.05, 0) is 17.2 Å². The number of hydrogen-bond acceptors (Lipinski definition) is 4. The quantitative estimate of drug-likeness (QED) is 0.486. The number of alkyl halides is 3. The molecule has 0 N–H and O–H groups in total. The van der Waals surface area contributed by atoms with E-state index in [0.29, 0.717) is 0 Å². The van der Waals surface area contributed by atoms with Gasteiger partial charge in [-0.3, -0.25) is 14.9 Å². The molecule has 5 nitrogen and oxygen atoms in total. The maximum absolute atomic E-state index is 12.3. The number of halogens is 3. The summed E-state index contributed by atoms with van der Waals surface area (Å²) in [5.41, 5.74) is -0.221. The average molecular weight is 311 g/mol. The van der Waals surface area contributed by atoms with Gasteiger partial charge in [-0.1, -0.05) is 24.3 Å². The fourth-order valence-corrected chi connectivity index (χ4v) is 1.92. The molecule has 0 fully saturated rings. The van der Waals surface area contributed by atoms with Gasteiger partial charge in [-0.2, -0.15) is 0 Å². The van der Waals surface area contributed by atoms with Crippen LogP contribution < -0.4 is 4.74 Å². The van der Waals surface area contributed by atoms with Crippen LogP contribution in [0.1, 0.15) is 10.4 Å². The Hall–Kier alpha value is -2.90. The van der Waals surface area contributed by atoms with E-state index in [0.717, 1.165) is 6.07 Å². The number of carbonyl (C=O) groups excluding carboxylic acids is 1. The number of hydrogen-bond donors (Lipinski definition) is 0. The lowest BCUT2D eigenvalue weighted by Gasteiger charge is -2.13. The van der Waals surface area contributed by atoms with Crippen LogP contribution in [0.3, 0.4) is 0 Å². The van der Waals surface area contributed by atoms with Gasteiger partial charge in [0, 0.05) is 12.1 Å². The van der Waals surface area contributed by atoms with Crippen LogP contribution in [0.25, 0.3) is 11.1 Å². The van der Waals surface area contributed by atoms with Gasteiger partial charge < -0.3 is 4.74 Å². The minimum absolute atomic E-state index is 0.112. The smallest absolute Gasteiger partial charge is 0.405 e. The van der Waals surface area contributed by atoms with E-state index in [2.05, 4.69) is 4.74 Å². The average Bonchev–Trinajstić information content (AvgIpc) is 2.45. The molecule has 0 saturated heterocycles. The fraction of sp³-hybridized carbons (Fsp3) is 0.0714. The third-order valence-corrected chi connectivity index (χ3v) is 2.78. The first kappa shape index (κ1) is 15.5. The van der Waals surface area contributed by atoms with Gasteiger partial charge in [-0.25, -0.2) is 0 Å². The van der Waals surface area contributed by atoms with Gasteiger partial charge in [0.25, 0.3) is 5.69 Å². The summed E-state index contributed by atoms with van der Waals surface area (Å²) in [4.78, 5) is 21.3. The Morgan fingerprint density at radius 3 is 2.41 bits per heavy atom. The molecule has 22 heavy (non-hydrogen) atoms. The predicted octanol–water partition coefficient (Wildman–Crippen LogP) is 3.97. The summed E-state index contributed by atoms with van der Waals surface area (Å²) in [6.07, 6.45) is -4.73. The lowest BCUT2D eigenvalue weighted by molar-refractivity contribution is -0.384. The summed E-state index contributed by atoms with van der Waals surface area (Å²) < 4.78 is 40.8. The molecule has 0 radical (unpaired) electrons. The van der Waals surface area contributed by atoms with Crippen LogP contribution in [0, 0.1) is 10.1 Å². The van der Waals surface area contributed by atoms with E-state index in [1.165, 1.54) is 36.4 Å². The monoisotopic (exact) mass is 311 g/mol. The zero-order valence-corrected chi connectivity index (χ0v) is 10.8. The van der Waals surface area contributed by atoms with Crippen molar-refractivity contribution in [1.82, 2.24) is 0 Å². The lowest BCUT2D eigenvalue weighted by Crippen LogP contribution is -2.18. The standard InChI is InChI=1S/C14H8F3NO4/c15-14(16,17)22-13-6-2-5-11(12(13)8-19)9-3-1-4-10(7-9)18(20)21/h1-8H. The molecule has 0 atom stereocenters. The summed E-state index contributed by atoms with van der Waals surface area (Å²) in [5, 5.41) is 10.8. The molecular formula is C14H8F3NO4. The van der Waals surface area contributed by atoms with Crippen molar-refractivity contribution < 1.29 is 27.6 Å². The second-order valence-electron chi connectivity index (χ2n) is 4.19. The van der Waals surface area contributed by atoms with Crippen LogP contribution in [-0.4, -0.2) is 17.6 Å². The highest BCUT2D eigenvalue weighted by Gasteiger charge is 2.32. The van der Waals surface area contributed by atoms with Crippen LogP contribution in [0.2, 0.25) is 0 Å². The molecule has 0 bridgehead atoms. The number of benzene rings is 2. The van der Waals surface area contributed by atoms with Crippen molar-refractivity contribution >= 4 is 12.0 Å². The second-order valence-corrected chi connectivity index (χ2v) is 4.19. The predicted molar refractivity (Wildman–Crippen MR) is 70.6 cm³/mol. The highest BCUT2D eigenvalue weighted by atomic mass is 19.4. The Morgan fingerprint density at radius 2 is 1.82 bits per heavy atom. The number of nitrogens with zero attached hydrogens (tertiary/aromatic N) is 1. The van der Waals surface area contributed by atoms with Gasteiger partial charge in [-0.15, -0.1) is 13.2 Å². The summed E-state index contributed by atoms with van der Waals surface area (Å²) in [6, 6.07) is 8.87. The zero-order valence-electron chi connectivity index (χ0n) is 10.8. The molecule has 2 aromatic rings. The SMILES string of the molecule is O=Cc1c(OC(F)(F)F)cccc1-c1cccc([N+](=O)[O-])c1. The maximum Gasteiger partial charge on any atom is 0.573 e. The molecule has 2 rings (SSSR count). The Balaban J connectivity index is 2.56. The number of ether oxygens (including phenoxy) is 1. The number of non-ortho nitro benzene ring substituents is 1. The molecule has 0 aliphatic rings. The molecule has 0 saturated carbocycles. The van der Waals surface area contributed by atoms with Crippen LogP contribution in [0.15, 0.2) is 42.5 Å². The van der Waals surface area contributed by atoms with Crippen molar-refractivity contribution in [3.05, 3.63) is 58.1 Å². The molecule has 8 heteroatoms. The first-order valence-corrected chi connectivity index (χ1v) is 5.90. The summed E-state index contributed by atoms with van der Waals surface area (Å²) in [5.74, 6) is -0.661. The van der Waals surface area contributed by atoms with Crippen LogP contribution in [-0.2, 0) is 0 Å². The molecule has 114 valence electrons. The van der Waals surface area contributed by atoms with Crippen molar-refractivity contribution in [1.29, 1.82) is 0 Å². The number of carbonyl (C=O) groups is 1. The van der Waals surface area contributed by atoms with Crippen molar-refractivity contribution in [2.75, 3.05) is 0 Å². The normalized spacial score (nSPS) is 11.0. The molecule has 0 unspecified atom stereocenters. The van der Waals surface area contributed by atoms with Crippen LogP contribution >= 0.6 is 0 Å². The Morgan fingerprint density at radius 1 is 1.14 bits per heavy atom. The van der Waals surface area contributed by atoms with Gasteiger partial charge in [0.05, 0.1) is 10.5 Å². The van der Waals surface area contributed by atoms with Crippen molar-refractivity contribution in [2.45, 2.75) is 6.36 Å². The lowest BCUT2D eigenvalue weighted by atomic mass is 9.99. The molecule has 0 amide bonds. The van der Waals surface area contributed by atoms with Gasteiger partial charge in [0.2, 0.25) is 0 Å². The largest absolute Gasteiger partial charge is 0.573 e. The highest BCUT2D eigenvalue weighted by Crippen LogP contribution is 2.33. The number of aldehydes is 1.